The van der Waals surface area contributed by atoms with Gasteiger partial charge in [-0.05, 0) is 18.4 Å². The molecule has 0 N–H and O–H groups in total. The van der Waals surface area contributed by atoms with Crippen molar-refractivity contribution in [2.24, 2.45) is 5.92 Å². The number of unbranched alkanes of at least 4 members (excludes halogenated alkanes) is 1. The van der Waals surface area contributed by atoms with Crippen LogP contribution in [0.4, 0.5) is 4.39 Å². The van der Waals surface area contributed by atoms with Gasteiger partial charge in [0.2, 0.25) is 0 Å². The summed E-state index contributed by atoms with van der Waals surface area (Å²) in [7, 11) is 0. The maximum absolute atomic E-state index is 13.0. The molecule has 1 unspecified atom stereocenters. The predicted octanol–water partition coefficient (Wildman–Crippen LogP) is 4.25. The third-order valence-corrected chi connectivity index (χ3v) is 3.32. The van der Waals surface area contributed by atoms with E-state index in [0.29, 0.717) is 12.5 Å². The number of hydrogen-bond acceptors (Lipinski definition) is 3. The van der Waals surface area contributed by atoms with Gasteiger partial charge >= 0.3 is 5.97 Å². The van der Waals surface area contributed by atoms with Crippen LogP contribution in [0, 0.1) is 11.7 Å². The van der Waals surface area contributed by atoms with Gasteiger partial charge in [-0.2, -0.15) is 0 Å². The molecule has 3 nitrogen and oxygen atoms in total. The molecule has 0 saturated heterocycles. The van der Waals surface area contributed by atoms with Crippen LogP contribution in [0.15, 0.2) is 12.3 Å². The zero-order chi connectivity index (χ0) is 14.3. The van der Waals surface area contributed by atoms with Gasteiger partial charge in [0.25, 0.3) is 0 Å². The van der Waals surface area contributed by atoms with E-state index in [4.69, 9.17) is 16.3 Å². The molecule has 0 aliphatic rings. The lowest BCUT2D eigenvalue weighted by molar-refractivity contribution is 0.0427. The van der Waals surface area contributed by atoms with Crippen LogP contribution in [-0.4, -0.2) is 17.6 Å². The number of rotatable bonds is 7. The number of halogens is 2. The van der Waals surface area contributed by atoms with Gasteiger partial charge in [0.1, 0.15) is 11.0 Å². The van der Waals surface area contributed by atoms with Crippen LogP contribution in [0.2, 0.25) is 5.15 Å². The summed E-state index contributed by atoms with van der Waals surface area (Å²) in [6.45, 7) is 4.52. The Hall–Kier alpha value is -1.16. The fourth-order valence-corrected chi connectivity index (χ4v) is 1.92. The van der Waals surface area contributed by atoms with Gasteiger partial charge in [-0.15, -0.1) is 0 Å². The van der Waals surface area contributed by atoms with Crippen molar-refractivity contribution in [3.05, 3.63) is 28.8 Å². The Morgan fingerprint density at radius 3 is 2.89 bits per heavy atom. The SMILES string of the molecule is CCCCC(CC)COC(=O)c1cc(F)cnc1Cl. The van der Waals surface area contributed by atoms with Gasteiger partial charge in [-0.1, -0.05) is 44.7 Å². The number of ether oxygens (including phenoxy) is 1. The summed E-state index contributed by atoms with van der Waals surface area (Å²) in [6.07, 6.45) is 5.16. The van der Waals surface area contributed by atoms with Crippen LogP contribution in [0.1, 0.15) is 49.9 Å². The zero-order valence-corrected chi connectivity index (χ0v) is 12.0. The van der Waals surface area contributed by atoms with Crippen LogP contribution in [0.5, 0.6) is 0 Å². The Morgan fingerprint density at radius 2 is 2.26 bits per heavy atom. The number of aromatic nitrogens is 1. The Bertz CT molecular complexity index is 426. The molecule has 0 aliphatic heterocycles. The van der Waals surface area contributed by atoms with E-state index in [0.717, 1.165) is 37.9 Å². The second-order valence-electron chi connectivity index (χ2n) is 4.51. The predicted molar refractivity (Wildman–Crippen MR) is 72.8 cm³/mol. The van der Waals surface area contributed by atoms with Crippen molar-refractivity contribution in [1.29, 1.82) is 0 Å². The number of pyridine rings is 1. The highest BCUT2D eigenvalue weighted by Crippen LogP contribution is 2.17. The number of nitrogens with zero attached hydrogens (tertiary/aromatic N) is 1. The highest BCUT2D eigenvalue weighted by Gasteiger charge is 2.16. The molecular weight excluding hydrogens is 269 g/mol. The molecule has 0 amide bonds. The molecular formula is C14H19ClFNO2. The topological polar surface area (TPSA) is 39.2 Å². The van der Waals surface area contributed by atoms with Crippen molar-refractivity contribution in [2.75, 3.05) is 6.61 Å². The lowest BCUT2D eigenvalue weighted by Gasteiger charge is -2.14. The minimum atomic E-state index is -0.619. The summed E-state index contributed by atoms with van der Waals surface area (Å²) < 4.78 is 18.2. The Morgan fingerprint density at radius 1 is 1.53 bits per heavy atom. The standard InChI is InChI=1S/C14H19ClFNO2/c1-3-5-6-10(4-2)9-19-14(18)12-7-11(16)8-17-13(12)15/h7-8,10H,3-6,9H2,1-2H3. The monoisotopic (exact) mass is 287 g/mol. The van der Waals surface area contributed by atoms with Crippen LogP contribution in [0.25, 0.3) is 0 Å². The molecule has 5 heteroatoms. The van der Waals surface area contributed by atoms with Crippen molar-refractivity contribution in [3.63, 3.8) is 0 Å². The lowest BCUT2D eigenvalue weighted by atomic mass is 10.0. The number of hydrogen-bond donors (Lipinski definition) is 0. The Balaban J connectivity index is 2.56. The Kier molecular flexibility index (Phi) is 6.78. The van der Waals surface area contributed by atoms with Crippen molar-refractivity contribution < 1.29 is 13.9 Å². The van der Waals surface area contributed by atoms with Gasteiger partial charge in [0.05, 0.1) is 18.4 Å². The molecule has 0 aliphatic carbocycles. The van der Waals surface area contributed by atoms with Gasteiger partial charge in [-0.25, -0.2) is 14.2 Å². The number of esters is 1. The van der Waals surface area contributed by atoms with E-state index < -0.39 is 11.8 Å². The molecule has 0 aromatic carbocycles. The van der Waals surface area contributed by atoms with E-state index in [1.165, 1.54) is 0 Å². The van der Waals surface area contributed by atoms with Gasteiger partial charge in [0.15, 0.2) is 0 Å². The fourth-order valence-electron chi connectivity index (χ4n) is 1.74. The second kappa shape index (κ2) is 8.10. The van der Waals surface area contributed by atoms with Crippen LogP contribution in [-0.2, 0) is 4.74 Å². The average molecular weight is 288 g/mol. The molecule has 0 saturated carbocycles. The summed E-state index contributed by atoms with van der Waals surface area (Å²) >= 11 is 5.75. The minimum Gasteiger partial charge on any atom is -0.462 e. The molecule has 1 aromatic heterocycles. The summed E-state index contributed by atoms with van der Waals surface area (Å²) in [5.41, 5.74) is -0.0213. The van der Waals surface area contributed by atoms with E-state index in [2.05, 4.69) is 18.8 Å². The van der Waals surface area contributed by atoms with Crippen molar-refractivity contribution in [1.82, 2.24) is 4.98 Å². The fraction of sp³-hybridized carbons (Fsp3) is 0.571. The van der Waals surface area contributed by atoms with Gasteiger partial charge in [-0.3, -0.25) is 0 Å². The Labute approximate surface area is 118 Å². The number of carbonyl (C=O) groups is 1. The van der Waals surface area contributed by atoms with Gasteiger partial charge in [0, 0.05) is 0 Å². The van der Waals surface area contributed by atoms with E-state index in [1.54, 1.807) is 0 Å². The highest BCUT2D eigenvalue weighted by atomic mass is 35.5. The minimum absolute atomic E-state index is 0.0213. The normalized spacial score (nSPS) is 12.2. The first-order valence-corrected chi connectivity index (χ1v) is 6.94. The van der Waals surface area contributed by atoms with E-state index in [9.17, 15) is 9.18 Å². The first-order valence-electron chi connectivity index (χ1n) is 6.56. The van der Waals surface area contributed by atoms with E-state index >= 15 is 0 Å². The molecule has 19 heavy (non-hydrogen) atoms. The average Bonchev–Trinajstić information content (AvgIpc) is 2.41. The van der Waals surface area contributed by atoms with Crippen LogP contribution >= 0.6 is 11.6 Å². The summed E-state index contributed by atoms with van der Waals surface area (Å²) in [5, 5.41) is -0.0343. The molecule has 0 bridgehead atoms. The highest BCUT2D eigenvalue weighted by molar-refractivity contribution is 6.32. The quantitative estimate of drug-likeness (QED) is 0.556. The largest absolute Gasteiger partial charge is 0.462 e. The first-order chi connectivity index (χ1) is 9.08. The van der Waals surface area contributed by atoms with Gasteiger partial charge < -0.3 is 4.74 Å². The number of carbonyl (C=O) groups excluding carboxylic acids is 1. The first kappa shape index (κ1) is 15.9. The third-order valence-electron chi connectivity index (χ3n) is 3.02. The van der Waals surface area contributed by atoms with Crippen molar-refractivity contribution in [3.8, 4) is 0 Å². The molecule has 0 spiro atoms. The molecule has 0 radical (unpaired) electrons. The van der Waals surface area contributed by atoms with Crippen LogP contribution in [0.3, 0.4) is 0 Å². The summed E-state index contributed by atoms with van der Waals surface area (Å²) in [6, 6.07) is 1.05. The van der Waals surface area contributed by atoms with Crippen molar-refractivity contribution in [2.45, 2.75) is 39.5 Å². The molecule has 1 atom stereocenters. The summed E-state index contributed by atoms with van der Waals surface area (Å²) in [5.74, 6) is -0.884. The molecule has 0 fully saturated rings. The summed E-state index contributed by atoms with van der Waals surface area (Å²) in [4.78, 5) is 15.4. The van der Waals surface area contributed by atoms with E-state index in [-0.39, 0.29) is 10.7 Å². The molecule has 1 heterocycles. The van der Waals surface area contributed by atoms with Crippen LogP contribution < -0.4 is 0 Å². The molecule has 1 aromatic rings. The zero-order valence-electron chi connectivity index (χ0n) is 11.3. The lowest BCUT2D eigenvalue weighted by Crippen LogP contribution is -2.14. The molecule has 1 rings (SSSR count). The maximum Gasteiger partial charge on any atom is 0.341 e. The van der Waals surface area contributed by atoms with E-state index in [1.807, 2.05) is 0 Å². The smallest absolute Gasteiger partial charge is 0.341 e. The maximum atomic E-state index is 13.0. The third kappa shape index (κ3) is 5.15. The second-order valence-corrected chi connectivity index (χ2v) is 4.86. The molecule has 106 valence electrons. The van der Waals surface area contributed by atoms with Crippen molar-refractivity contribution >= 4 is 17.6 Å².